The lowest BCUT2D eigenvalue weighted by molar-refractivity contribution is -0.147. The maximum atomic E-state index is 12.4. The van der Waals surface area contributed by atoms with Crippen LogP contribution in [0.25, 0.3) is 0 Å². The van der Waals surface area contributed by atoms with Crippen LogP contribution in [-0.2, 0) is 24.5 Å². The highest BCUT2D eigenvalue weighted by molar-refractivity contribution is 5.77. The molecule has 0 bridgehead atoms. The first-order chi connectivity index (χ1) is 13.4. The minimum absolute atomic E-state index is 0.170. The predicted molar refractivity (Wildman–Crippen MR) is 109 cm³/mol. The van der Waals surface area contributed by atoms with E-state index >= 15 is 0 Å². The van der Waals surface area contributed by atoms with Crippen LogP contribution in [0.4, 0.5) is 0 Å². The van der Waals surface area contributed by atoms with Gasteiger partial charge < -0.3 is 9.47 Å². The molecule has 0 aromatic heterocycles. The highest BCUT2D eigenvalue weighted by atomic mass is 16.5. The first-order valence-corrected chi connectivity index (χ1v) is 10.2. The molecule has 0 aliphatic rings. The summed E-state index contributed by atoms with van der Waals surface area (Å²) in [6.07, 6.45) is 3.03. The average molecular weight is 388 g/mol. The van der Waals surface area contributed by atoms with Crippen LogP contribution < -0.4 is 0 Å². The van der Waals surface area contributed by atoms with Crippen molar-refractivity contribution in [2.45, 2.75) is 77.6 Å². The van der Waals surface area contributed by atoms with Gasteiger partial charge in [-0.05, 0) is 29.9 Å². The quantitative estimate of drug-likeness (QED) is 0.371. The summed E-state index contributed by atoms with van der Waals surface area (Å²) in [5, 5.41) is 9.98. The molecule has 0 amide bonds. The first-order valence-electron chi connectivity index (χ1n) is 10.2. The lowest BCUT2D eigenvalue weighted by Crippen LogP contribution is -2.32. The van der Waals surface area contributed by atoms with E-state index in [1.165, 1.54) is 0 Å². The molecule has 5 heteroatoms. The SMILES string of the molecule is CCCCOC(=O)CC(C#N)(CC(=O)OCCCC)c1ccc(C(C)C)cc1. The number of rotatable bonds is 12. The van der Waals surface area contributed by atoms with E-state index in [1.807, 2.05) is 38.1 Å². The van der Waals surface area contributed by atoms with Gasteiger partial charge in [0.1, 0.15) is 5.41 Å². The number of hydrogen-bond donors (Lipinski definition) is 0. The second kappa shape index (κ2) is 12.2. The molecule has 1 rings (SSSR count). The molecule has 154 valence electrons. The molecule has 0 aliphatic heterocycles. The van der Waals surface area contributed by atoms with Gasteiger partial charge in [0, 0.05) is 0 Å². The van der Waals surface area contributed by atoms with Crippen LogP contribution in [0.2, 0.25) is 0 Å². The summed E-state index contributed by atoms with van der Waals surface area (Å²) in [7, 11) is 0. The number of hydrogen-bond acceptors (Lipinski definition) is 5. The summed E-state index contributed by atoms with van der Waals surface area (Å²) >= 11 is 0. The van der Waals surface area contributed by atoms with Gasteiger partial charge in [0.05, 0.1) is 32.1 Å². The minimum atomic E-state index is -1.29. The van der Waals surface area contributed by atoms with Crippen molar-refractivity contribution < 1.29 is 19.1 Å². The molecular formula is C23H33NO4. The fourth-order valence-electron chi connectivity index (χ4n) is 2.85. The van der Waals surface area contributed by atoms with Crippen LogP contribution in [0.15, 0.2) is 24.3 Å². The number of nitriles is 1. The normalized spacial score (nSPS) is 11.1. The van der Waals surface area contributed by atoms with E-state index in [1.54, 1.807) is 0 Å². The van der Waals surface area contributed by atoms with Crippen molar-refractivity contribution in [1.82, 2.24) is 0 Å². The molecule has 1 aromatic carbocycles. The van der Waals surface area contributed by atoms with Crippen LogP contribution in [0.5, 0.6) is 0 Å². The van der Waals surface area contributed by atoms with Crippen molar-refractivity contribution in [3.63, 3.8) is 0 Å². The van der Waals surface area contributed by atoms with Crippen LogP contribution in [0.3, 0.4) is 0 Å². The predicted octanol–water partition coefficient (Wildman–Crippen LogP) is 5.04. The Morgan fingerprint density at radius 3 is 1.79 bits per heavy atom. The number of unbranched alkanes of at least 4 members (excludes halogenated alkanes) is 2. The average Bonchev–Trinajstić information content (AvgIpc) is 2.68. The molecule has 0 heterocycles. The van der Waals surface area contributed by atoms with Crippen LogP contribution in [0, 0.1) is 11.3 Å². The number of benzene rings is 1. The van der Waals surface area contributed by atoms with Crippen molar-refractivity contribution >= 4 is 11.9 Å². The lowest BCUT2D eigenvalue weighted by atomic mass is 9.75. The largest absolute Gasteiger partial charge is 0.466 e. The van der Waals surface area contributed by atoms with Gasteiger partial charge >= 0.3 is 11.9 Å². The van der Waals surface area contributed by atoms with Gasteiger partial charge in [0.25, 0.3) is 0 Å². The van der Waals surface area contributed by atoms with E-state index in [0.717, 1.165) is 31.2 Å². The van der Waals surface area contributed by atoms with E-state index in [-0.39, 0.29) is 12.8 Å². The number of carbonyl (C=O) groups excluding carboxylic acids is 2. The van der Waals surface area contributed by atoms with Gasteiger partial charge in [-0.25, -0.2) is 0 Å². The van der Waals surface area contributed by atoms with Crippen LogP contribution in [0.1, 0.15) is 83.3 Å². The Morgan fingerprint density at radius 2 is 1.43 bits per heavy atom. The molecule has 0 unspecified atom stereocenters. The molecule has 0 fully saturated rings. The van der Waals surface area contributed by atoms with Crippen LogP contribution >= 0.6 is 0 Å². The van der Waals surface area contributed by atoms with Crippen molar-refractivity contribution in [2.75, 3.05) is 13.2 Å². The second-order valence-electron chi connectivity index (χ2n) is 7.47. The summed E-state index contributed by atoms with van der Waals surface area (Å²) in [6.45, 7) is 8.84. The standard InChI is InChI=1S/C23H33NO4/c1-5-7-13-27-21(25)15-23(17-24,16-22(26)28-14-8-6-2)20-11-9-19(10-12-20)18(3)4/h9-12,18H,5-8,13-16H2,1-4H3. The van der Waals surface area contributed by atoms with Gasteiger partial charge in [0.15, 0.2) is 0 Å². The van der Waals surface area contributed by atoms with Gasteiger partial charge in [-0.2, -0.15) is 5.26 Å². The number of ether oxygens (including phenoxy) is 2. The Kier molecular flexibility index (Phi) is 10.3. The maximum absolute atomic E-state index is 12.4. The zero-order valence-corrected chi connectivity index (χ0v) is 17.6. The highest BCUT2D eigenvalue weighted by Crippen LogP contribution is 2.33. The number of nitrogens with zero attached hydrogens (tertiary/aromatic N) is 1. The summed E-state index contributed by atoms with van der Waals surface area (Å²) in [5.41, 5.74) is 0.480. The van der Waals surface area contributed by atoms with Crippen LogP contribution in [-0.4, -0.2) is 25.2 Å². The van der Waals surface area contributed by atoms with E-state index < -0.39 is 17.4 Å². The van der Waals surface area contributed by atoms with E-state index in [2.05, 4.69) is 19.9 Å². The third-order valence-electron chi connectivity index (χ3n) is 4.76. The summed E-state index contributed by atoms with van der Waals surface area (Å²) in [5.74, 6) is -0.586. The summed E-state index contributed by atoms with van der Waals surface area (Å²) in [4.78, 5) is 24.7. The Balaban J connectivity index is 3.07. The van der Waals surface area contributed by atoms with Gasteiger partial charge in [-0.3, -0.25) is 9.59 Å². The third-order valence-corrected chi connectivity index (χ3v) is 4.76. The summed E-state index contributed by atoms with van der Waals surface area (Å²) < 4.78 is 10.5. The molecule has 28 heavy (non-hydrogen) atoms. The Morgan fingerprint density at radius 1 is 0.964 bits per heavy atom. The minimum Gasteiger partial charge on any atom is -0.466 e. The van der Waals surface area contributed by atoms with E-state index in [9.17, 15) is 14.9 Å². The molecule has 0 radical (unpaired) electrons. The fourth-order valence-corrected chi connectivity index (χ4v) is 2.85. The highest BCUT2D eigenvalue weighted by Gasteiger charge is 2.39. The van der Waals surface area contributed by atoms with Gasteiger partial charge in [-0.1, -0.05) is 64.8 Å². The maximum Gasteiger partial charge on any atom is 0.307 e. The van der Waals surface area contributed by atoms with Gasteiger partial charge in [-0.15, -0.1) is 0 Å². The molecule has 0 N–H and O–H groups in total. The van der Waals surface area contributed by atoms with Crippen molar-refractivity contribution in [1.29, 1.82) is 5.26 Å². The monoisotopic (exact) mass is 387 g/mol. The first kappa shape index (κ1) is 23.7. The fraction of sp³-hybridized carbons (Fsp3) is 0.609. The molecule has 0 saturated carbocycles. The number of carbonyl (C=O) groups is 2. The molecule has 5 nitrogen and oxygen atoms in total. The summed E-state index contributed by atoms with van der Waals surface area (Å²) in [6, 6.07) is 9.77. The Labute approximate surface area is 169 Å². The smallest absolute Gasteiger partial charge is 0.307 e. The van der Waals surface area contributed by atoms with Crippen molar-refractivity contribution in [3.8, 4) is 6.07 Å². The Hall–Kier alpha value is -2.35. The zero-order chi connectivity index (χ0) is 21.0. The van der Waals surface area contributed by atoms with Crippen molar-refractivity contribution in [3.05, 3.63) is 35.4 Å². The molecule has 0 spiro atoms. The molecule has 1 aromatic rings. The third kappa shape index (κ3) is 7.34. The molecule has 0 atom stereocenters. The second-order valence-corrected chi connectivity index (χ2v) is 7.47. The molecular weight excluding hydrogens is 354 g/mol. The van der Waals surface area contributed by atoms with E-state index in [4.69, 9.17) is 9.47 Å². The molecule has 0 saturated heterocycles. The zero-order valence-electron chi connectivity index (χ0n) is 17.6. The number of esters is 2. The lowest BCUT2D eigenvalue weighted by Gasteiger charge is -2.26. The van der Waals surface area contributed by atoms with Gasteiger partial charge in [0.2, 0.25) is 0 Å². The topological polar surface area (TPSA) is 76.4 Å². The van der Waals surface area contributed by atoms with E-state index in [0.29, 0.717) is 24.7 Å². The molecule has 0 aliphatic carbocycles. The Bertz CT molecular complexity index is 634. The van der Waals surface area contributed by atoms with Crippen molar-refractivity contribution in [2.24, 2.45) is 0 Å².